The van der Waals surface area contributed by atoms with Crippen molar-refractivity contribution in [1.29, 1.82) is 5.26 Å². The first-order valence-corrected chi connectivity index (χ1v) is 5.31. The summed E-state index contributed by atoms with van der Waals surface area (Å²) < 4.78 is 0. The topological polar surface area (TPSA) is 61.1 Å². The smallest absolute Gasteiger partial charge is 0.207 e. The van der Waals surface area contributed by atoms with E-state index in [9.17, 15) is 9.90 Å². The lowest BCUT2D eigenvalue weighted by atomic mass is 9.93. The zero-order chi connectivity index (χ0) is 13.2. The predicted octanol–water partition coefficient (Wildman–Crippen LogP) is 3.15. The fourth-order valence-electron chi connectivity index (χ4n) is 1.96. The van der Waals surface area contributed by atoms with Crippen LogP contribution in [-0.2, 0) is 0 Å². The number of aliphatic hydroxyl groups excluding tert-OH is 1. The zero-order valence-electron chi connectivity index (χ0n) is 10.5. The zero-order valence-corrected chi connectivity index (χ0v) is 10.5. The van der Waals surface area contributed by atoms with Gasteiger partial charge in [-0.15, -0.1) is 0 Å². The van der Waals surface area contributed by atoms with Crippen molar-refractivity contribution >= 4 is 5.78 Å². The number of nitrogens with zero attached hydrogens (tertiary/aromatic N) is 1. The number of nitriles is 1. The molecule has 0 fully saturated rings. The minimum absolute atomic E-state index is 0.194. The lowest BCUT2D eigenvalue weighted by Gasteiger charge is -2.09. The van der Waals surface area contributed by atoms with Gasteiger partial charge in [0.05, 0.1) is 0 Å². The normalized spacial score (nSPS) is 11.7. The number of rotatable bonds is 2. The molecule has 0 bridgehead atoms. The Labute approximate surface area is 101 Å². The molecule has 0 saturated heterocycles. The van der Waals surface area contributed by atoms with Crippen LogP contribution in [0, 0.1) is 32.1 Å². The third kappa shape index (κ3) is 2.54. The lowest BCUT2D eigenvalue weighted by Crippen LogP contribution is -2.09. The summed E-state index contributed by atoms with van der Waals surface area (Å²) in [6.07, 6.45) is 0. The number of Topliss-reactive ketones (excluding diaryl/α,β-unsaturated/α-hetero) is 1. The molecule has 1 N–H and O–H groups in total. The monoisotopic (exact) mass is 229 g/mol. The number of hydrogen-bond donors (Lipinski definition) is 1. The number of allylic oxidation sites excluding steroid dienone is 2. The van der Waals surface area contributed by atoms with Crippen LogP contribution in [0.3, 0.4) is 0 Å². The van der Waals surface area contributed by atoms with Gasteiger partial charge in [-0.1, -0.05) is 17.7 Å². The summed E-state index contributed by atoms with van der Waals surface area (Å²) in [5.74, 6) is -0.653. The van der Waals surface area contributed by atoms with Crippen molar-refractivity contribution in [1.82, 2.24) is 0 Å². The number of aryl methyl sites for hydroxylation is 3. The summed E-state index contributed by atoms with van der Waals surface area (Å²) in [7, 11) is 0. The second-order valence-electron chi connectivity index (χ2n) is 4.18. The molecule has 0 amide bonds. The van der Waals surface area contributed by atoms with Crippen LogP contribution in [0.4, 0.5) is 0 Å². The fourth-order valence-corrected chi connectivity index (χ4v) is 1.96. The van der Waals surface area contributed by atoms with Crippen molar-refractivity contribution in [3.05, 3.63) is 45.7 Å². The first kappa shape index (κ1) is 13.0. The van der Waals surface area contributed by atoms with Crippen LogP contribution in [0.1, 0.15) is 34.0 Å². The van der Waals surface area contributed by atoms with Crippen molar-refractivity contribution in [3.8, 4) is 6.07 Å². The summed E-state index contributed by atoms with van der Waals surface area (Å²) >= 11 is 0. The van der Waals surface area contributed by atoms with E-state index >= 15 is 0 Å². The van der Waals surface area contributed by atoms with Crippen LogP contribution in [0.5, 0.6) is 0 Å². The Morgan fingerprint density at radius 2 is 1.71 bits per heavy atom. The van der Waals surface area contributed by atoms with Crippen LogP contribution in [0.15, 0.2) is 23.5 Å². The molecule has 0 aromatic heterocycles. The van der Waals surface area contributed by atoms with Gasteiger partial charge >= 0.3 is 0 Å². The van der Waals surface area contributed by atoms with Gasteiger partial charge in [0, 0.05) is 5.56 Å². The van der Waals surface area contributed by atoms with Crippen LogP contribution in [-0.4, -0.2) is 10.9 Å². The van der Waals surface area contributed by atoms with Gasteiger partial charge in [-0.05, 0) is 38.8 Å². The number of aliphatic hydroxyl groups is 1. The highest BCUT2D eigenvalue weighted by molar-refractivity contribution is 6.13. The van der Waals surface area contributed by atoms with E-state index in [1.54, 1.807) is 6.07 Å². The van der Waals surface area contributed by atoms with E-state index in [0.29, 0.717) is 5.56 Å². The Hall–Kier alpha value is -2.08. The van der Waals surface area contributed by atoms with Gasteiger partial charge in [0.25, 0.3) is 0 Å². The fraction of sp³-hybridized carbons (Fsp3) is 0.286. The van der Waals surface area contributed by atoms with Crippen molar-refractivity contribution in [2.24, 2.45) is 0 Å². The van der Waals surface area contributed by atoms with Gasteiger partial charge in [-0.3, -0.25) is 4.79 Å². The summed E-state index contributed by atoms with van der Waals surface area (Å²) in [4.78, 5) is 12.1. The van der Waals surface area contributed by atoms with Crippen LogP contribution < -0.4 is 0 Å². The van der Waals surface area contributed by atoms with Crippen molar-refractivity contribution in [3.63, 3.8) is 0 Å². The molecule has 0 atom stereocenters. The van der Waals surface area contributed by atoms with Gasteiger partial charge in [0.1, 0.15) is 17.4 Å². The number of ketones is 1. The van der Waals surface area contributed by atoms with Crippen LogP contribution in [0.2, 0.25) is 0 Å². The number of carbonyl (C=O) groups is 1. The van der Waals surface area contributed by atoms with Gasteiger partial charge in [-0.25, -0.2) is 0 Å². The molecule has 0 aliphatic carbocycles. The van der Waals surface area contributed by atoms with Crippen molar-refractivity contribution < 1.29 is 9.90 Å². The number of hydrogen-bond acceptors (Lipinski definition) is 3. The Morgan fingerprint density at radius 1 is 1.24 bits per heavy atom. The maximum atomic E-state index is 12.1. The van der Waals surface area contributed by atoms with Crippen LogP contribution >= 0.6 is 0 Å². The molecule has 17 heavy (non-hydrogen) atoms. The molecule has 0 heterocycles. The molecule has 0 aliphatic heterocycles. The Bertz CT molecular complexity index is 521. The Kier molecular flexibility index (Phi) is 3.69. The SMILES string of the molecule is C/C(O)=C(/C#N)C(=O)c1c(C)cc(C)cc1C. The second-order valence-corrected chi connectivity index (χ2v) is 4.18. The molecule has 3 heteroatoms. The van der Waals surface area contributed by atoms with Gasteiger partial charge in [-0.2, -0.15) is 5.26 Å². The van der Waals surface area contributed by atoms with E-state index in [2.05, 4.69) is 0 Å². The number of carbonyl (C=O) groups excluding carboxylic acids is 1. The molecule has 1 aromatic rings. The molecule has 1 aromatic carbocycles. The molecular weight excluding hydrogens is 214 g/mol. The standard InChI is InChI=1S/C14H15NO2/c1-8-5-9(2)13(10(3)6-8)14(17)12(7-15)11(4)16/h5-6,16H,1-4H3/b12-11+. The molecule has 0 spiro atoms. The summed E-state index contributed by atoms with van der Waals surface area (Å²) in [5.41, 5.74) is 3.02. The summed E-state index contributed by atoms with van der Waals surface area (Å²) in [6, 6.07) is 5.53. The third-order valence-electron chi connectivity index (χ3n) is 2.60. The molecule has 0 unspecified atom stereocenters. The van der Waals surface area contributed by atoms with E-state index in [4.69, 9.17) is 5.26 Å². The van der Waals surface area contributed by atoms with E-state index in [1.807, 2.05) is 32.9 Å². The van der Waals surface area contributed by atoms with E-state index in [-0.39, 0.29) is 11.3 Å². The third-order valence-corrected chi connectivity index (χ3v) is 2.60. The van der Waals surface area contributed by atoms with Crippen molar-refractivity contribution in [2.75, 3.05) is 0 Å². The molecule has 1 rings (SSSR count). The van der Waals surface area contributed by atoms with E-state index < -0.39 is 5.78 Å². The largest absolute Gasteiger partial charge is 0.511 e. The van der Waals surface area contributed by atoms with Crippen molar-refractivity contribution in [2.45, 2.75) is 27.7 Å². The van der Waals surface area contributed by atoms with E-state index in [0.717, 1.165) is 16.7 Å². The van der Waals surface area contributed by atoms with Gasteiger partial charge in [0.15, 0.2) is 0 Å². The lowest BCUT2D eigenvalue weighted by molar-refractivity contribution is 0.103. The number of benzene rings is 1. The molecule has 0 radical (unpaired) electrons. The quantitative estimate of drug-likeness (QED) is 0.367. The average molecular weight is 229 g/mol. The summed E-state index contributed by atoms with van der Waals surface area (Å²) in [5, 5.41) is 18.2. The maximum absolute atomic E-state index is 12.1. The Balaban J connectivity index is 3.43. The molecule has 88 valence electrons. The molecule has 0 saturated carbocycles. The molecule has 0 aliphatic rings. The highest BCUT2D eigenvalue weighted by atomic mass is 16.3. The highest BCUT2D eigenvalue weighted by Crippen LogP contribution is 2.20. The summed E-state index contributed by atoms with van der Waals surface area (Å²) in [6.45, 7) is 6.95. The average Bonchev–Trinajstić information content (AvgIpc) is 2.15. The maximum Gasteiger partial charge on any atom is 0.207 e. The van der Waals surface area contributed by atoms with Gasteiger partial charge in [0.2, 0.25) is 5.78 Å². The first-order chi connectivity index (χ1) is 7.88. The predicted molar refractivity (Wildman–Crippen MR) is 65.9 cm³/mol. The minimum atomic E-state index is -0.414. The Morgan fingerprint density at radius 3 is 2.06 bits per heavy atom. The first-order valence-electron chi connectivity index (χ1n) is 5.31. The van der Waals surface area contributed by atoms with E-state index in [1.165, 1.54) is 6.92 Å². The molecule has 3 nitrogen and oxygen atoms in total. The molecular formula is C14H15NO2. The minimum Gasteiger partial charge on any atom is -0.511 e. The second kappa shape index (κ2) is 4.84. The highest BCUT2D eigenvalue weighted by Gasteiger charge is 2.19. The van der Waals surface area contributed by atoms with Crippen LogP contribution in [0.25, 0.3) is 0 Å². The van der Waals surface area contributed by atoms with Gasteiger partial charge < -0.3 is 5.11 Å².